The van der Waals surface area contributed by atoms with Gasteiger partial charge in [-0.05, 0) is 30.2 Å². The molecule has 0 aliphatic heterocycles. The topological polar surface area (TPSA) is 59.4 Å². The van der Waals surface area contributed by atoms with E-state index in [4.69, 9.17) is 21.8 Å². The van der Waals surface area contributed by atoms with E-state index in [-0.39, 0.29) is 0 Å². The monoisotopic (exact) mass is 189 g/mol. The Labute approximate surface area is 76.1 Å². The number of hydrogen-bond donors (Lipinski definition) is 2. The molecular weight excluding hydrogens is 178 g/mol. The van der Waals surface area contributed by atoms with Crippen molar-refractivity contribution in [1.29, 1.82) is 0 Å². The van der Waals surface area contributed by atoms with Crippen molar-refractivity contribution in [2.45, 2.75) is 25.5 Å². The molecule has 0 aromatic carbocycles. The van der Waals surface area contributed by atoms with Crippen molar-refractivity contribution in [3.63, 3.8) is 0 Å². The van der Waals surface area contributed by atoms with Crippen LogP contribution in [0.2, 0.25) is 5.22 Å². The number of hydrogen-bond acceptors (Lipinski definition) is 3. The summed E-state index contributed by atoms with van der Waals surface area (Å²) in [7, 11) is 0. The summed E-state index contributed by atoms with van der Waals surface area (Å²) in [5, 5.41) is 9.66. The molecule has 0 saturated carbocycles. The Morgan fingerprint density at radius 2 is 2.33 bits per heavy atom. The zero-order valence-corrected chi connectivity index (χ0v) is 7.58. The van der Waals surface area contributed by atoms with Crippen LogP contribution in [0.1, 0.15) is 25.1 Å². The Bertz CT molecular complexity index is 249. The highest BCUT2D eigenvalue weighted by Crippen LogP contribution is 2.21. The molecule has 12 heavy (non-hydrogen) atoms. The van der Waals surface area contributed by atoms with Crippen LogP contribution in [-0.4, -0.2) is 11.2 Å². The number of furan rings is 1. The lowest BCUT2D eigenvalue weighted by molar-refractivity contribution is 0.131. The Hall–Kier alpha value is -0.510. The maximum absolute atomic E-state index is 9.36. The molecule has 0 bridgehead atoms. The molecule has 1 heterocycles. The van der Waals surface area contributed by atoms with Gasteiger partial charge in [0.25, 0.3) is 0 Å². The van der Waals surface area contributed by atoms with Crippen molar-refractivity contribution >= 4 is 11.6 Å². The Balaban J connectivity index is 2.70. The largest absolute Gasteiger partial charge is 0.448 e. The zero-order chi connectivity index (χ0) is 9.14. The van der Waals surface area contributed by atoms with Gasteiger partial charge in [0.1, 0.15) is 5.76 Å². The molecule has 3 N–H and O–H groups in total. The number of nitrogens with two attached hydrogens (primary N) is 1. The van der Waals surface area contributed by atoms with Gasteiger partial charge in [-0.25, -0.2) is 0 Å². The van der Waals surface area contributed by atoms with Crippen LogP contribution < -0.4 is 5.73 Å². The first-order chi connectivity index (χ1) is 5.65. The molecule has 0 aliphatic rings. The van der Waals surface area contributed by atoms with Crippen LogP contribution >= 0.6 is 11.6 Å². The van der Waals surface area contributed by atoms with E-state index in [0.29, 0.717) is 17.4 Å². The summed E-state index contributed by atoms with van der Waals surface area (Å²) in [6, 6.07) is 2.80. The molecule has 0 aliphatic carbocycles. The first-order valence-electron chi connectivity index (χ1n) is 3.84. The van der Waals surface area contributed by atoms with Crippen LogP contribution in [0.5, 0.6) is 0 Å². The van der Waals surface area contributed by atoms with Crippen LogP contribution in [0.4, 0.5) is 0 Å². The lowest BCUT2D eigenvalue weighted by Gasteiger charge is -2.13. The van der Waals surface area contributed by atoms with Crippen molar-refractivity contribution < 1.29 is 9.52 Å². The summed E-state index contributed by atoms with van der Waals surface area (Å²) < 4.78 is 5.05. The van der Waals surface area contributed by atoms with Gasteiger partial charge in [0.15, 0.2) is 5.22 Å². The van der Waals surface area contributed by atoms with Crippen molar-refractivity contribution in [3.05, 3.63) is 23.1 Å². The van der Waals surface area contributed by atoms with Crippen LogP contribution in [0.15, 0.2) is 16.5 Å². The van der Waals surface area contributed by atoms with E-state index in [0.717, 1.165) is 0 Å². The smallest absolute Gasteiger partial charge is 0.193 e. The molecule has 2 atom stereocenters. The third kappa shape index (κ3) is 2.00. The average Bonchev–Trinajstić information content (AvgIpc) is 2.49. The maximum Gasteiger partial charge on any atom is 0.193 e. The SMILES string of the molecule is CC[C@H](O)[C@H](N)c1ccc(Cl)o1. The summed E-state index contributed by atoms with van der Waals surface area (Å²) >= 11 is 5.55. The van der Waals surface area contributed by atoms with Crippen LogP contribution in [0, 0.1) is 0 Å². The van der Waals surface area contributed by atoms with E-state index in [1.807, 2.05) is 6.92 Å². The van der Waals surface area contributed by atoms with Crippen molar-refractivity contribution in [1.82, 2.24) is 0 Å². The molecule has 1 aromatic rings. The Morgan fingerprint density at radius 1 is 1.67 bits per heavy atom. The highest BCUT2D eigenvalue weighted by Gasteiger charge is 2.17. The fourth-order valence-corrected chi connectivity index (χ4v) is 1.10. The fourth-order valence-electron chi connectivity index (χ4n) is 0.951. The fraction of sp³-hybridized carbons (Fsp3) is 0.500. The van der Waals surface area contributed by atoms with Gasteiger partial charge in [0.2, 0.25) is 0 Å². The quantitative estimate of drug-likeness (QED) is 0.761. The van der Waals surface area contributed by atoms with Crippen LogP contribution in [0.25, 0.3) is 0 Å². The Kier molecular flexibility index (Phi) is 3.14. The molecule has 68 valence electrons. The van der Waals surface area contributed by atoms with Crippen LogP contribution in [0.3, 0.4) is 0 Å². The van der Waals surface area contributed by atoms with Gasteiger partial charge >= 0.3 is 0 Å². The minimum atomic E-state index is -0.577. The molecule has 0 saturated heterocycles. The second-order valence-corrected chi connectivity index (χ2v) is 3.02. The summed E-state index contributed by atoms with van der Waals surface area (Å²) in [5.74, 6) is 0.523. The molecule has 0 radical (unpaired) electrons. The Morgan fingerprint density at radius 3 is 2.75 bits per heavy atom. The highest BCUT2D eigenvalue weighted by atomic mass is 35.5. The highest BCUT2D eigenvalue weighted by molar-refractivity contribution is 6.28. The normalized spacial score (nSPS) is 16.0. The van der Waals surface area contributed by atoms with Gasteiger partial charge in [-0.3, -0.25) is 0 Å². The molecule has 0 unspecified atom stereocenters. The van der Waals surface area contributed by atoms with E-state index < -0.39 is 12.1 Å². The standard InChI is InChI=1S/C8H12ClNO2/c1-2-5(11)8(10)6-3-4-7(9)12-6/h3-5,8,11H,2,10H2,1H3/t5-,8-/m0/s1. The number of aliphatic hydroxyl groups is 1. The van der Waals surface area contributed by atoms with E-state index in [1.54, 1.807) is 12.1 Å². The maximum atomic E-state index is 9.36. The van der Waals surface area contributed by atoms with Gasteiger partial charge in [0, 0.05) is 0 Å². The number of halogens is 1. The average molecular weight is 190 g/mol. The molecule has 0 spiro atoms. The predicted molar refractivity (Wildman–Crippen MR) is 46.9 cm³/mol. The van der Waals surface area contributed by atoms with Crippen LogP contribution in [-0.2, 0) is 0 Å². The number of rotatable bonds is 3. The first-order valence-corrected chi connectivity index (χ1v) is 4.21. The lowest BCUT2D eigenvalue weighted by Crippen LogP contribution is -2.24. The molecule has 1 aromatic heterocycles. The van der Waals surface area contributed by atoms with Gasteiger partial charge < -0.3 is 15.3 Å². The summed E-state index contributed by atoms with van der Waals surface area (Å²) in [4.78, 5) is 0. The van der Waals surface area contributed by atoms with E-state index in [9.17, 15) is 5.11 Å². The van der Waals surface area contributed by atoms with Gasteiger partial charge in [-0.1, -0.05) is 6.92 Å². The minimum absolute atomic E-state index is 0.295. The van der Waals surface area contributed by atoms with Crippen molar-refractivity contribution in [2.75, 3.05) is 0 Å². The summed E-state index contributed by atoms with van der Waals surface area (Å²) in [6.07, 6.45) is 0.0201. The second-order valence-electron chi connectivity index (χ2n) is 2.64. The first kappa shape index (κ1) is 9.58. The second kappa shape index (κ2) is 3.94. The third-order valence-corrected chi connectivity index (χ3v) is 1.96. The van der Waals surface area contributed by atoms with Crippen molar-refractivity contribution in [2.24, 2.45) is 5.73 Å². The predicted octanol–water partition coefficient (Wildman–Crippen LogP) is 1.70. The van der Waals surface area contributed by atoms with E-state index in [2.05, 4.69) is 0 Å². The molecule has 3 nitrogen and oxygen atoms in total. The minimum Gasteiger partial charge on any atom is -0.448 e. The van der Waals surface area contributed by atoms with E-state index in [1.165, 1.54) is 0 Å². The lowest BCUT2D eigenvalue weighted by atomic mass is 10.1. The molecule has 1 rings (SSSR count). The van der Waals surface area contributed by atoms with E-state index >= 15 is 0 Å². The third-order valence-electron chi connectivity index (χ3n) is 1.76. The summed E-state index contributed by atoms with van der Waals surface area (Å²) in [6.45, 7) is 1.86. The molecule has 0 amide bonds. The van der Waals surface area contributed by atoms with Gasteiger partial charge in [-0.2, -0.15) is 0 Å². The van der Waals surface area contributed by atoms with Gasteiger partial charge in [0.05, 0.1) is 12.1 Å². The molecular formula is C8H12ClNO2. The number of aliphatic hydroxyl groups excluding tert-OH is 1. The summed E-state index contributed by atoms with van der Waals surface area (Å²) in [5.41, 5.74) is 5.66. The molecule has 0 fully saturated rings. The molecule has 4 heteroatoms. The van der Waals surface area contributed by atoms with Gasteiger partial charge in [-0.15, -0.1) is 0 Å². The van der Waals surface area contributed by atoms with Crippen molar-refractivity contribution in [3.8, 4) is 0 Å². The zero-order valence-electron chi connectivity index (χ0n) is 6.83.